The Morgan fingerprint density at radius 2 is 1.77 bits per heavy atom. The average molecular weight is 585 g/mol. The number of fused-ring (bicyclic) bond motifs is 2. The van der Waals surface area contributed by atoms with Gasteiger partial charge in [0, 0.05) is 26.2 Å². The molecule has 0 saturated carbocycles. The third-order valence-corrected chi connectivity index (χ3v) is 8.92. The van der Waals surface area contributed by atoms with Crippen LogP contribution in [0.4, 0.5) is 0 Å². The van der Waals surface area contributed by atoms with E-state index in [-0.39, 0.29) is 44.1 Å². The van der Waals surface area contributed by atoms with Crippen LogP contribution in [0.2, 0.25) is 0 Å². The van der Waals surface area contributed by atoms with Gasteiger partial charge in [-0.25, -0.2) is 4.68 Å². The number of aliphatic hydroxyl groups is 1. The van der Waals surface area contributed by atoms with Crippen LogP contribution in [0.1, 0.15) is 18.4 Å². The molecule has 1 N–H and O–H groups in total. The van der Waals surface area contributed by atoms with E-state index in [2.05, 4.69) is 23.5 Å². The maximum atomic E-state index is 14.5. The molecule has 6 rings (SSSR count). The highest BCUT2D eigenvalue weighted by Crippen LogP contribution is 2.59. The van der Waals surface area contributed by atoms with Crippen LogP contribution in [0, 0.1) is 11.8 Å². The number of hydrogen-bond donors (Lipinski definition) is 1. The molecule has 3 aliphatic heterocycles. The third kappa shape index (κ3) is 4.82. The quantitative estimate of drug-likeness (QED) is 0.323. The minimum Gasteiger partial charge on any atom is -0.395 e. The number of β-amino-alcohol motifs (C(OH)–C–C–N with tert-alkyl or cyclic N) is 1. The third-order valence-electron chi connectivity index (χ3n) is 8.92. The van der Waals surface area contributed by atoms with Crippen molar-refractivity contribution in [2.45, 2.75) is 43.8 Å². The van der Waals surface area contributed by atoms with E-state index in [0.29, 0.717) is 31.4 Å². The Balaban J connectivity index is 1.33. The van der Waals surface area contributed by atoms with Gasteiger partial charge in [0.25, 0.3) is 0 Å². The Morgan fingerprint density at radius 1 is 1.05 bits per heavy atom. The summed E-state index contributed by atoms with van der Waals surface area (Å²) < 4.78 is 8.22. The lowest BCUT2D eigenvalue weighted by Crippen LogP contribution is -2.57. The second-order valence-corrected chi connectivity index (χ2v) is 11.4. The fourth-order valence-corrected chi connectivity index (χ4v) is 7.19. The number of benzene rings is 2. The molecule has 11 nitrogen and oxygen atoms in total. The van der Waals surface area contributed by atoms with Gasteiger partial charge in [-0.1, -0.05) is 59.8 Å². The number of rotatable bonds is 12. The number of aliphatic hydroxyl groups excluding tert-OH is 1. The van der Waals surface area contributed by atoms with Gasteiger partial charge in [0.15, 0.2) is 0 Å². The summed E-state index contributed by atoms with van der Waals surface area (Å²) in [4.78, 5) is 47.4. The van der Waals surface area contributed by atoms with Gasteiger partial charge >= 0.3 is 0 Å². The summed E-state index contributed by atoms with van der Waals surface area (Å²) in [6.45, 7) is 8.26. The fraction of sp³-hybridized carbons (Fsp3) is 0.406. The normalized spacial score (nSPS) is 25.6. The first-order valence-corrected chi connectivity index (χ1v) is 14.6. The summed E-state index contributed by atoms with van der Waals surface area (Å²) in [7, 11) is 0. The van der Waals surface area contributed by atoms with Crippen LogP contribution in [-0.4, -0.2) is 96.5 Å². The number of amides is 3. The van der Waals surface area contributed by atoms with E-state index in [9.17, 15) is 19.5 Å². The molecule has 4 heterocycles. The predicted octanol–water partition coefficient (Wildman–Crippen LogP) is 1.99. The number of aromatic nitrogens is 3. The molecule has 3 aromatic rings. The van der Waals surface area contributed by atoms with Crippen molar-refractivity contribution in [3.05, 3.63) is 85.5 Å². The van der Waals surface area contributed by atoms with Crippen molar-refractivity contribution in [3.8, 4) is 0 Å². The molecule has 2 unspecified atom stereocenters. The van der Waals surface area contributed by atoms with E-state index < -0.39 is 29.6 Å². The highest BCUT2D eigenvalue weighted by atomic mass is 16.5. The number of carbonyl (C=O) groups excluding carboxylic acids is 3. The summed E-state index contributed by atoms with van der Waals surface area (Å²) in [6.07, 6.45) is 3.83. The largest absolute Gasteiger partial charge is 0.395 e. The first kappa shape index (κ1) is 28.8. The van der Waals surface area contributed by atoms with E-state index in [0.717, 1.165) is 11.1 Å². The number of nitrogens with zero attached hydrogens (tertiary/aromatic N) is 6. The van der Waals surface area contributed by atoms with Gasteiger partial charge in [-0.3, -0.25) is 14.4 Å². The predicted molar refractivity (Wildman–Crippen MR) is 158 cm³/mol. The Labute approximate surface area is 250 Å². The average Bonchev–Trinajstić information content (AvgIpc) is 3.77. The van der Waals surface area contributed by atoms with Crippen LogP contribution < -0.4 is 0 Å². The number of para-hydroxylation sites is 1. The van der Waals surface area contributed by atoms with Gasteiger partial charge in [-0.05, 0) is 30.5 Å². The lowest BCUT2D eigenvalue weighted by molar-refractivity contribution is -0.150. The fourth-order valence-electron chi connectivity index (χ4n) is 7.19. The molecule has 2 aromatic carbocycles. The molecule has 11 heteroatoms. The second-order valence-electron chi connectivity index (χ2n) is 11.4. The molecule has 1 aromatic heterocycles. The minimum atomic E-state index is -1.18. The maximum Gasteiger partial charge on any atom is 0.250 e. The van der Waals surface area contributed by atoms with Gasteiger partial charge in [-0.15, -0.1) is 18.3 Å². The van der Waals surface area contributed by atoms with Crippen LogP contribution in [0.15, 0.2) is 79.9 Å². The molecule has 3 fully saturated rings. The van der Waals surface area contributed by atoms with Crippen LogP contribution >= 0.6 is 0 Å². The molecule has 1 spiro atoms. The summed E-state index contributed by atoms with van der Waals surface area (Å²) in [6, 6.07) is 16.1. The standard InChI is InChI=1S/C32H36N6O5/c1-3-16-35(20-22-10-6-5-7-11-22)29(40)26-25-14-15-32(43-25)27(26)30(41)37(18-19-39)28(32)31(42)36(17-4-2)21-38-24-13-9-8-12-23(24)33-34-38/h3-13,25-28,39H,1-2,14-21H2/t25-,26+,27+,28?,32?/m1/s1. The van der Waals surface area contributed by atoms with E-state index in [4.69, 9.17) is 4.74 Å². The van der Waals surface area contributed by atoms with E-state index >= 15 is 0 Å². The number of carbonyl (C=O) groups is 3. The number of hydrogen-bond acceptors (Lipinski definition) is 7. The van der Waals surface area contributed by atoms with Crippen molar-refractivity contribution in [3.63, 3.8) is 0 Å². The molecule has 0 aliphatic carbocycles. The van der Waals surface area contributed by atoms with Crippen molar-refractivity contribution in [1.82, 2.24) is 29.7 Å². The summed E-state index contributed by atoms with van der Waals surface area (Å²) >= 11 is 0. The van der Waals surface area contributed by atoms with Crippen molar-refractivity contribution < 1.29 is 24.2 Å². The summed E-state index contributed by atoms with van der Waals surface area (Å²) in [5, 5.41) is 18.4. The first-order valence-electron chi connectivity index (χ1n) is 14.6. The highest BCUT2D eigenvalue weighted by Gasteiger charge is 2.74. The van der Waals surface area contributed by atoms with Crippen LogP contribution in [0.5, 0.6) is 0 Å². The van der Waals surface area contributed by atoms with Crippen LogP contribution in [0.3, 0.4) is 0 Å². The molecular weight excluding hydrogens is 548 g/mol. The Morgan fingerprint density at radius 3 is 2.51 bits per heavy atom. The minimum absolute atomic E-state index is 0.0446. The first-order chi connectivity index (χ1) is 20.9. The molecule has 3 aliphatic rings. The highest BCUT2D eigenvalue weighted by molar-refractivity contribution is 5.99. The van der Waals surface area contributed by atoms with E-state index in [1.54, 1.807) is 26.6 Å². The second kappa shape index (κ2) is 11.7. The number of ether oxygens (including phenoxy) is 1. The zero-order valence-electron chi connectivity index (χ0n) is 24.0. The zero-order chi connectivity index (χ0) is 30.1. The summed E-state index contributed by atoms with van der Waals surface area (Å²) in [5.74, 6) is -2.44. The molecule has 0 radical (unpaired) electrons. The van der Waals surface area contributed by atoms with Gasteiger partial charge < -0.3 is 24.5 Å². The van der Waals surface area contributed by atoms with Gasteiger partial charge in [0.2, 0.25) is 17.7 Å². The zero-order valence-corrected chi connectivity index (χ0v) is 24.0. The number of likely N-dealkylation sites (tertiary alicyclic amines) is 1. The Bertz CT molecular complexity index is 1540. The van der Waals surface area contributed by atoms with Crippen molar-refractivity contribution in [1.29, 1.82) is 0 Å². The molecule has 224 valence electrons. The molecule has 2 bridgehead atoms. The lowest BCUT2D eigenvalue weighted by atomic mass is 9.70. The van der Waals surface area contributed by atoms with Crippen LogP contribution in [0.25, 0.3) is 11.0 Å². The van der Waals surface area contributed by atoms with Gasteiger partial charge in [-0.2, -0.15) is 0 Å². The molecule has 3 saturated heterocycles. The Hall–Kier alpha value is -4.35. The SMILES string of the molecule is C=CCN(Cn1nnc2ccccc21)C(=O)C1N(CCO)C(=O)[C@@H]2[C@@H](C(=O)N(CC=C)Cc3ccccc3)[C@H]3CCC12O3. The Kier molecular flexibility index (Phi) is 7.85. The molecule has 43 heavy (non-hydrogen) atoms. The maximum absolute atomic E-state index is 14.5. The van der Waals surface area contributed by atoms with Gasteiger partial charge in [0.1, 0.15) is 23.8 Å². The van der Waals surface area contributed by atoms with Gasteiger partial charge in [0.05, 0.1) is 30.1 Å². The van der Waals surface area contributed by atoms with E-state index in [1.165, 1.54) is 4.90 Å². The van der Waals surface area contributed by atoms with Crippen molar-refractivity contribution in [2.75, 3.05) is 26.2 Å². The molecule has 5 atom stereocenters. The lowest BCUT2D eigenvalue weighted by Gasteiger charge is -2.36. The van der Waals surface area contributed by atoms with Crippen LogP contribution in [-0.2, 0) is 32.3 Å². The monoisotopic (exact) mass is 584 g/mol. The molecular formula is C32H36N6O5. The van der Waals surface area contributed by atoms with Crippen molar-refractivity contribution >= 4 is 28.8 Å². The molecule has 3 amide bonds. The summed E-state index contributed by atoms with van der Waals surface area (Å²) in [5.41, 5.74) is 1.25. The smallest absolute Gasteiger partial charge is 0.250 e. The topological polar surface area (TPSA) is 121 Å². The van der Waals surface area contributed by atoms with Crippen molar-refractivity contribution in [2.24, 2.45) is 11.8 Å². The van der Waals surface area contributed by atoms with E-state index in [1.807, 2.05) is 54.6 Å².